The molecule has 0 saturated carbocycles. The summed E-state index contributed by atoms with van der Waals surface area (Å²) < 4.78 is 4.44. The van der Waals surface area contributed by atoms with Gasteiger partial charge in [-0.3, -0.25) is 4.79 Å². The van der Waals surface area contributed by atoms with Crippen LogP contribution in [0.2, 0.25) is 0 Å². The molecule has 0 aliphatic carbocycles. The Bertz CT molecular complexity index is 123. The predicted octanol–water partition coefficient (Wildman–Crippen LogP) is 0.154. The molecule has 0 aromatic heterocycles. The molecule has 0 unspecified atom stereocenters. The molecule has 13 heavy (non-hydrogen) atoms. The zero-order valence-corrected chi connectivity index (χ0v) is 9.83. The van der Waals surface area contributed by atoms with Crippen molar-refractivity contribution in [2.45, 2.75) is 0 Å². The van der Waals surface area contributed by atoms with Gasteiger partial charge < -0.3 is 15.0 Å². The van der Waals surface area contributed by atoms with Crippen molar-refractivity contribution in [2.75, 3.05) is 40.8 Å². The summed E-state index contributed by atoms with van der Waals surface area (Å²) >= 11 is 0. The fourth-order valence-electron chi connectivity index (χ4n) is 0.565. The summed E-state index contributed by atoms with van der Waals surface area (Å²) in [5.41, 5.74) is 0. The molecule has 0 aliphatic rings. The Morgan fingerprint density at radius 2 is 1.92 bits per heavy atom. The highest BCUT2D eigenvalue weighted by Crippen LogP contribution is 1.72. The minimum absolute atomic E-state index is 0. The van der Waals surface area contributed by atoms with Crippen LogP contribution in [0.4, 0.5) is 0 Å². The minimum atomic E-state index is -0.219. The molecule has 0 spiro atoms. The van der Waals surface area contributed by atoms with E-state index in [1.165, 1.54) is 7.11 Å². The number of nitrogens with zero attached hydrogens (tertiary/aromatic N) is 1. The highest BCUT2D eigenvalue weighted by Gasteiger charge is 1.97. The van der Waals surface area contributed by atoms with Gasteiger partial charge in [0.1, 0.15) is 0 Å². The van der Waals surface area contributed by atoms with Crippen molar-refractivity contribution in [3.05, 3.63) is 0 Å². The number of carbonyl (C=O) groups is 1. The highest BCUT2D eigenvalue weighted by molar-refractivity contribution is 5.85. The van der Waals surface area contributed by atoms with Gasteiger partial charge in [0, 0.05) is 13.1 Å². The molecule has 0 aromatic rings. The van der Waals surface area contributed by atoms with Gasteiger partial charge in [-0.15, -0.1) is 24.8 Å². The van der Waals surface area contributed by atoms with E-state index < -0.39 is 0 Å². The molecule has 0 atom stereocenters. The number of hydrogen-bond acceptors (Lipinski definition) is 4. The molecule has 0 bridgehead atoms. The molecule has 0 fully saturated rings. The lowest BCUT2D eigenvalue weighted by atomic mass is 10.5. The van der Waals surface area contributed by atoms with Gasteiger partial charge >= 0.3 is 5.97 Å². The quantitative estimate of drug-likeness (QED) is 0.542. The molecule has 0 radical (unpaired) electrons. The molecule has 0 aliphatic heterocycles. The van der Waals surface area contributed by atoms with Crippen molar-refractivity contribution in [1.29, 1.82) is 0 Å². The van der Waals surface area contributed by atoms with Gasteiger partial charge in [0.25, 0.3) is 0 Å². The molecular formula is C7H18Cl2N2O2. The normalized spacial score (nSPS) is 8.62. The summed E-state index contributed by atoms with van der Waals surface area (Å²) in [6.45, 7) is 2.03. The second-order valence-corrected chi connectivity index (χ2v) is 2.56. The topological polar surface area (TPSA) is 41.6 Å². The first-order chi connectivity index (χ1) is 5.16. The van der Waals surface area contributed by atoms with E-state index in [1.807, 2.05) is 19.0 Å². The van der Waals surface area contributed by atoms with Crippen LogP contribution in [-0.2, 0) is 9.53 Å². The van der Waals surface area contributed by atoms with E-state index >= 15 is 0 Å². The van der Waals surface area contributed by atoms with Crippen LogP contribution in [0.1, 0.15) is 0 Å². The van der Waals surface area contributed by atoms with E-state index in [1.54, 1.807) is 0 Å². The van der Waals surface area contributed by atoms with Crippen molar-refractivity contribution < 1.29 is 9.53 Å². The molecule has 1 N–H and O–H groups in total. The molecule has 0 aromatic carbocycles. The zero-order chi connectivity index (χ0) is 8.69. The lowest BCUT2D eigenvalue weighted by Crippen LogP contribution is -2.30. The van der Waals surface area contributed by atoms with Crippen molar-refractivity contribution in [2.24, 2.45) is 0 Å². The Labute approximate surface area is 91.8 Å². The van der Waals surface area contributed by atoms with Gasteiger partial charge in [-0.1, -0.05) is 0 Å². The third-order valence-corrected chi connectivity index (χ3v) is 1.23. The number of methoxy groups -OCH3 is 1. The summed E-state index contributed by atoms with van der Waals surface area (Å²) in [6.07, 6.45) is 0. The molecular weight excluding hydrogens is 215 g/mol. The lowest BCUT2D eigenvalue weighted by molar-refractivity contribution is -0.139. The number of rotatable bonds is 5. The third-order valence-electron chi connectivity index (χ3n) is 1.23. The summed E-state index contributed by atoms with van der Waals surface area (Å²) in [7, 11) is 5.36. The zero-order valence-electron chi connectivity index (χ0n) is 8.20. The van der Waals surface area contributed by atoms with Crippen LogP contribution < -0.4 is 5.32 Å². The van der Waals surface area contributed by atoms with Crippen LogP contribution >= 0.6 is 24.8 Å². The summed E-state index contributed by atoms with van der Waals surface area (Å²) in [6, 6.07) is 0. The van der Waals surface area contributed by atoms with Crippen LogP contribution in [0.5, 0.6) is 0 Å². The van der Waals surface area contributed by atoms with Gasteiger partial charge in [-0.25, -0.2) is 0 Å². The minimum Gasteiger partial charge on any atom is -0.468 e. The smallest absolute Gasteiger partial charge is 0.319 e. The van der Waals surface area contributed by atoms with Crippen LogP contribution in [0.25, 0.3) is 0 Å². The number of esters is 1. The van der Waals surface area contributed by atoms with Gasteiger partial charge in [-0.05, 0) is 14.1 Å². The van der Waals surface area contributed by atoms with Crippen LogP contribution in [-0.4, -0.2) is 51.7 Å². The summed E-state index contributed by atoms with van der Waals surface area (Å²) in [5.74, 6) is -0.219. The number of halogens is 2. The Morgan fingerprint density at radius 3 is 2.31 bits per heavy atom. The maximum Gasteiger partial charge on any atom is 0.319 e. The van der Waals surface area contributed by atoms with E-state index in [-0.39, 0.29) is 30.8 Å². The second-order valence-electron chi connectivity index (χ2n) is 2.56. The van der Waals surface area contributed by atoms with Gasteiger partial charge in [0.2, 0.25) is 0 Å². The van der Waals surface area contributed by atoms with Crippen molar-refractivity contribution in [3.8, 4) is 0 Å². The highest BCUT2D eigenvalue weighted by atomic mass is 35.5. The van der Waals surface area contributed by atoms with E-state index in [2.05, 4.69) is 10.1 Å². The average Bonchev–Trinajstić information content (AvgIpc) is 1.97. The first-order valence-corrected chi connectivity index (χ1v) is 3.59. The molecule has 4 nitrogen and oxygen atoms in total. The number of ether oxygens (including phenoxy) is 1. The number of carbonyl (C=O) groups excluding carboxylic acids is 1. The first kappa shape index (κ1) is 18.7. The van der Waals surface area contributed by atoms with E-state index in [0.717, 1.165) is 13.1 Å². The molecule has 6 heteroatoms. The number of hydrogen-bond donors (Lipinski definition) is 1. The molecule has 0 rings (SSSR count). The van der Waals surface area contributed by atoms with Crippen molar-refractivity contribution in [1.82, 2.24) is 10.2 Å². The van der Waals surface area contributed by atoms with E-state index in [4.69, 9.17) is 0 Å². The van der Waals surface area contributed by atoms with Crippen LogP contribution in [0.15, 0.2) is 0 Å². The summed E-state index contributed by atoms with van der Waals surface area (Å²) in [4.78, 5) is 12.6. The largest absolute Gasteiger partial charge is 0.468 e. The standard InChI is InChI=1S/C7H16N2O2.2ClH/c1-9(2)5-4-8-6-7(10)11-3;;/h8H,4-6H2,1-3H3;2*1H. The molecule has 0 heterocycles. The predicted molar refractivity (Wildman–Crippen MR) is 57.9 cm³/mol. The fourth-order valence-corrected chi connectivity index (χ4v) is 0.565. The van der Waals surface area contributed by atoms with E-state index in [9.17, 15) is 4.79 Å². The molecule has 0 amide bonds. The monoisotopic (exact) mass is 232 g/mol. The first-order valence-electron chi connectivity index (χ1n) is 3.59. The Kier molecular flexibility index (Phi) is 17.2. The lowest BCUT2D eigenvalue weighted by Gasteiger charge is -2.09. The molecule has 0 saturated heterocycles. The summed E-state index contributed by atoms with van der Waals surface area (Å²) in [5, 5.41) is 2.95. The Balaban J connectivity index is -0.000000500. The second kappa shape index (κ2) is 12.0. The fraction of sp³-hybridized carbons (Fsp3) is 0.857. The van der Waals surface area contributed by atoms with Crippen LogP contribution in [0, 0.1) is 0 Å². The van der Waals surface area contributed by atoms with Crippen molar-refractivity contribution in [3.63, 3.8) is 0 Å². The average molecular weight is 233 g/mol. The Hall–Kier alpha value is -0.0300. The van der Waals surface area contributed by atoms with Crippen LogP contribution in [0.3, 0.4) is 0 Å². The molecule has 82 valence electrons. The van der Waals surface area contributed by atoms with Gasteiger partial charge in [0.05, 0.1) is 13.7 Å². The maximum atomic E-state index is 10.6. The Morgan fingerprint density at radius 1 is 1.38 bits per heavy atom. The number of likely N-dealkylation sites (N-methyl/N-ethyl adjacent to an activating group) is 1. The SMILES string of the molecule is COC(=O)CNCCN(C)C.Cl.Cl. The van der Waals surface area contributed by atoms with Crippen molar-refractivity contribution >= 4 is 30.8 Å². The van der Waals surface area contributed by atoms with Gasteiger partial charge in [0.15, 0.2) is 0 Å². The van der Waals surface area contributed by atoms with Gasteiger partial charge in [-0.2, -0.15) is 0 Å². The number of nitrogens with one attached hydrogen (secondary N) is 1. The van der Waals surface area contributed by atoms with E-state index in [0.29, 0.717) is 6.54 Å². The third kappa shape index (κ3) is 14.8. The maximum absolute atomic E-state index is 10.6.